The average molecular weight is 299 g/mol. The van der Waals surface area contributed by atoms with Crippen LogP contribution >= 0.6 is 0 Å². The summed E-state index contributed by atoms with van der Waals surface area (Å²) < 4.78 is 5.52. The van der Waals surface area contributed by atoms with Gasteiger partial charge in [0.1, 0.15) is 5.82 Å². The van der Waals surface area contributed by atoms with Gasteiger partial charge in [0.15, 0.2) is 5.82 Å². The van der Waals surface area contributed by atoms with Crippen molar-refractivity contribution in [3.8, 4) is 11.5 Å². The van der Waals surface area contributed by atoms with Crippen LogP contribution in [0, 0.1) is 0 Å². The molecule has 2 aromatic heterocycles. The Hall–Kier alpha value is -1.95. The SMILES string of the molecule is NC1(c2noc(-c3cccnc3N3CCCC3)n2)CCCC1. The lowest BCUT2D eigenvalue weighted by Crippen LogP contribution is -2.34. The van der Waals surface area contributed by atoms with E-state index in [1.165, 1.54) is 12.8 Å². The molecule has 6 nitrogen and oxygen atoms in total. The van der Waals surface area contributed by atoms with Crippen LogP contribution in [0.15, 0.2) is 22.9 Å². The summed E-state index contributed by atoms with van der Waals surface area (Å²) in [6.45, 7) is 2.07. The number of anilines is 1. The predicted molar refractivity (Wildman–Crippen MR) is 83.3 cm³/mol. The zero-order chi connectivity index (χ0) is 15.0. The second-order valence-corrected chi connectivity index (χ2v) is 6.36. The first-order valence-electron chi connectivity index (χ1n) is 8.10. The van der Waals surface area contributed by atoms with Crippen molar-refractivity contribution in [1.29, 1.82) is 0 Å². The second-order valence-electron chi connectivity index (χ2n) is 6.36. The minimum atomic E-state index is -0.419. The molecule has 0 amide bonds. The Morgan fingerprint density at radius 2 is 1.91 bits per heavy atom. The van der Waals surface area contributed by atoms with Crippen molar-refractivity contribution in [2.24, 2.45) is 5.73 Å². The van der Waals surface area contributed by atoms with E-state index in [4.69, 9.17) is 10.3 Å². The van der Waals surface area contributed by atoms with Crippen LogP contribution in [0.1, 0.15) is 44.3 Å². The van der Waals surface area contributed by atoms with Gasteiger partial charge in [0.2, 0.25) is 0 Å². The molecule has 2 aliphatic rings. The molecule has 1 saturated carbocycles. The van der Waals surface area contributed by atoms with Crippen LogP contribution in [0.4, 0.5) is 5.82 Å². The standard InChI is InChI=1S/C16H21N5O/c17-16(7-1-2-8-16)15-19-14(22-20-15)12-6-5-9-18-13(12)21-10-3-4-11-21/h5-6,9H,1-4,7-8,10-11,17H2. The Morgan fingerprint density at radius 1 is 1.14 bits per heavy atom. The highest BCUT2D eigenvalue weighted by molar-refractivity contribution is 5.70. The average Bonchev–Trinajstić information content (AvgIpc) is 3.29. The first-order valence-corrected chi connectivity index (χ1v) is 8.10. The van der Waals surface area contributed by atoms with Crippen molar-refractivity contribution >= 4 is 5.82 Å². The topological polar surface area (TPSA) is 81.1 Å². The number of nitrogens with zero attached hydrogens (tertiary/aromatic N) is 4. The summed E-state index contributed by atoms with van der Waals surface area (Å²) in [7, 11) is 0. The van der Waals surface area contributed by atoms with Gasteiger partial charge in [-0.05, 0) is 37.8 Å². The van der Waals surface area contributed by atoms with E-state index in [1.54, 1.807) is 0 Å². The van der Waals surface area contributed by atoms with Gasteiger partial charge in [-0.15, -0.1) is 0 Å². The minimum absolute atomic E-state index is 0.419. The molecular weight excluding hydrogens is 278 g/mol. The fraction of sp³-hybridized carbons (Fsp3) is 0.562. The Bertz CT molecular complexity index is 656. The Morgan fingerprint density at radius 3 is 2.68 bits per heavy atom. The maximum absolute atomic E-state index is 6.42. The van der Waals surface area contributed by atoms with E-state index in [-0.39, 0.29) is 0 Å². The number of aromatic nitrogens is 3. The molecule has 2 aromatic rings. The molecule has 1 saturated heterocycles. The third-order valence-corrected chi connectivity index (χ3v) is 4.79. The van der Waals surface area contributed by atoms with E-state index in [0.29, 0.717) is 11.7 Å². The molecule has 0 bridgehead atoms. The van der Waals surface area contributed by atoms with Gasteiger partial charge in [0.25, 0.3) is 5.89 Å². The number of hydrogen-bond donors (Lipinski definition) is 1. The van der Waals surface area contributed by atoms with Crippen LogP contribution in [0.25, 0.3) is 11.5 Å². The molecule has 4 rings (SSSR count). The first kappa shape index (κ1) is 13.7. The summed E-state index contributed by atoms with van der Waals surface area (Å²) in [5, 5.41) is 4.16. The van der Waals surface area contributed by atoms with Crippen LogP contribution in [0.2, 0.25) is 0 Å². The molecular formula is C16H21N5O. The number of pyridine rings is 1. The van der Waals surface area contributed by atoms with Crippen LogP contribution in [-0.2, 0) is 5.54 Å². The first-order chi connectivity index (χ1) is 10.8. The van der Waals surface area contributed by atoms with Gasteiger partial charge in [0, 0.05) is 19.3 Å². The quantitative estimate of drug-likeness (QED) is 0.937. The number of nitrogens with two attached hydrogens (primary N) is 1. The summed E-state index contributed by atoms with van der Waals surface area (Å²) in [5.41, 5.74) is 6.91. The lowest BCUT2D eigenvalue weighted by molar-refractivity contribution is 0.372. The van der Waals surface area contributed by atoms with Gasteiger partial charge < -0.3 is 15.2 Å². The monoisotopic (exact) mass is 299 g/mol. The fourth-order valence-corrected chi connectivity index (χ4v) is 3.51. The van der Waals surface area contributed by atoms with Crippen LogP contribution in [-0.4, -0.2) is 28.2 Å². The van der Waals surface area contributed by atoms with Crippen molar-refractivity contribution in [2.45, 2.75) is 44.1 Å². The van der Waals surface area contributed by atoms with Crippen molar-refractivity contribution < 1.29 is 4.52 Å². The van der Waals surface area contributed by atoms with Crippen LogP contribution in [0.3, 0.4) is 0 Å². The van der Waals surface area contributed by atoms with E-state index in [1.807, 2.05) is 18.3 Å². The summed E-state index contributed by atoms with van der Waals surface area (Å²) in [5.74, 6) is 2.10. The predicted octanol–water partition coefficient (Wildman–Crippen LogP) is 2.46. The molecule has 1 aliphatic carbocycles. The molecule has 0 aromatic carbocycles. The highest BCUT2D eigenvalue weighted by atomic mass is 16.5. The van der Waals surface area contributed by atoms with E-state index in [9.17, 15) is 0 Å². The van der Waals surface area contributed by atoms with Gasteiger partial charge in [-0.2, -0.15) is 4.98 Å². The fourth-order valence-electron chi connectivity index (χ4n) is 3.51. The van der Waals surface area contributed by atoms with Crippen LogP contribution < -0.4 is 10.6 Å². The van der Waals surface area contributed by atoms with E-state index < -0.39 is 5.54 Å². The molecule has 6 heteroatoms. The molecule has 0 atom stereocenters. The summed E-state index contributed by atoms with van der Waals surface area (Å²) in [6, 6.07) is 3.91. The second kappa shape index (κ2) is 5.35. The van der Waals surface area contributed by atoms with Crippen molar-refractivity contribution in [2.75, 3.05) is 18.0 Å². The maximum Gasteiger partial charge on any atom is 0.261 e. The lowest BCUT2D eigenvalue weighted by atomic mass is 9.99. The zero-order valence-corrected chi connectivity index (χ0v) is 12.7. The van der Waals surface area contributed by atoms with Crippen molar-refractivity contribution in [3.05, 3.63) is 24.2 Å². The maximum atomic E-state index is 6.42. The molecule has 22 heavy (non-hydrogen) atoms. The zero-order valence-electron chi connectivity index (χ0n) is 12.7. The van der Waals surface area contributed by atoms with Crippen molar-refractivity contribution in [3.63, 3.8) is 0 Å². The Labute approximate surface area is 129 Å². The van der Waals surface area contributed by atoms with E-state index in [0.717, 1.165) is 50.2 Å². The molecule has 0 spiro atoms. The Balaban J connectivity index is 1.69. The largest absolute Gasteiger partial charge is 0.356 e. The molecule has 1 aliphatic heterocycles. The van der Waals surface area contributed by atoms with Crippen LogP contribution in [0.5, 0.6) is 0 Å². The summed E-state index contributed by atoms with van der Waals surface area (Å²) in [6.07, 6.45) is 8.35. The van der Waals surface area contributed by atoms with Gasteiger partial charge in [-0.25, -0.2) is 4.98 Å². The molecule has 0 radical (unpaired) electrons. The number of rotatable bonds is 3. The molecule has 2 fully saturated rings. The van der Waals surface area contributed by atoms with Gasteiger partial charge in [-0.1, -0.05) is 18.0 Å². The molecule has 0 unspecified atom stereocenters. The summed E-state index contributed by atoms with van der Waals surface area (Å²) in [4.78, 5) is 11.4. The lowest BCUT2D eigenvalue weighted by Gasteiger charge is -2.18. The minimum Gasteiger partial charge on any atom is -0.356 e. The van der Waals surface area contributed by atoms with Gasteiger partial charge >= 0.3 is 0 Å². The highest BCUT2D eigenvalue weighted by Gasteiger charge is 2.36. The van der Waals surface area contributed by atoms with Gasteiger partial charge in [-0.3, -0.25) is 0 Å². The smallest absolute Gasteiger partial charge is 0.261 e. The summed E-state index contributed by atoms with van der Waals surface area (Å²) >= 11 is 0. The third-order valence-electron chi connectivity index (χ3n) is 4.79. The number of hydrogen-bond acceptors (Lipinski definition) is 6. The van der Waals surface area contributed by atoms with E-state index in [2.05, 4.69) is 20.0 Å². The van der Waals surface area contributed by atoms with E-state index >= 15 is 0 Å². The highest BCUT2D eigenvalue weighted by Crippen LogP contribution is 2.36. The van der Waals surface area contributed by atoms with Crippen molar-refractivity contribution in [1.82, 2.24) is 15.1 Å². The molecule has 3 heterocycles. The third kappa shape index (κ3) is 2.27. The molecule has 2 N–H and O–H groups in total. The Kier molecular flexibility index (Phi) is 3.33. The normalized spacial score (nSPS) is 20.7. The molecule has 116 valence electrons. The van der Waals surface area contributed by atoms with Gasteiger partial charge in [0.05, 0.1) is 11.1 Å².